The third-order valence-corrected chi connectivity index (χ3v) is 3.54. The number of hydrogen-bond acceptors (Lipinski definition) is 4. The highest BCUT2D eigenvalue weighted by Crippen LogP contribution is 2.17. The molecule has 0 aliphatic heterocycles. The number of ether oxygens (including phenoxy) is 1. The van der Waals surface area contributed by atoms with Crippen molar-refractivity contribution < 1.29 is 13.9 Å². The summed E-state index contributed by atoms with van der Waals surface area (Å²) in [5, 5.41) is 5.70. The van der Waals surface area contributed by atoms with Crippen LogP contribution in [-0.4, -0.2) is 38.7 Å². The van der Waals surface area contributed by atoms with E-state index in [0.717, 1.165) is 17.1 Å². The second-order valence-corrected chi connectivity index (χ2v) is 5.41. The molecule has 2 amide bonds. The Morgan fingerprint density at radius 3 is 2.74 bits per heavy atom. The van der Waals surface area contributed by atoms with Crippen LogP contribution in [0.4, 0.5) is 4.79 Å². The molecule has 2 aromatic rings. The summed E-state index contributed by atoms with van der Waals surface area (Å²) in [5.74, 6) is 1.60. The number of carbonyl (C=O) groups excluding carboxylic acids is 1. The predicted molar refractivity (Wildman–Crippen MR) is 88.4 cm³/mol. The van der Waals surface area contributed by atoms with Crippen molar-refractivity contribution in [3.63, 3.8) is 0 Å². The van der Waals surface area contributed by atoms with E-state index in [-0.39, 0.29) is 12.1 Å². The van der Waals surface area contributed by atoms with Crippen LogP contribution in [0.25, 0.3) is 0 Å². The van der Waals surface area contributed by atoms with Gasteiger partial charge in [0.15, 0.2) is 0 Å². The van der Waals surface area contributed by atoms with Crippen molar-refractivity contribution in [2.45, 2.75) is 12.6 Å². The van der Waals surface area contributed by atoms with Crippen LogP contribution in [0.3, 0.4) is 0 Å². The van der Waals surface area contributed by atoms with E-state index in [2.05, 4.69) is 10.6 Å². The normalized spacial score (nSPS) is 12.0. The van der Waals surface area contributed by atoms with E-state index >= 15 is 0 Å². The minimum absolute atomic E-state index is 0.00688. The van der Waals surface area contributed by atoms with Crippen molar-refractivity contribution in [2.75, 3.05) is 27.7 Å². The van der Waals surface area contributed by atoms with Crippen LogP contribution in [-0.2, 0) is 6.54 Å². The summed E-state index contributed by atoms with van der Waals surface area (Å²) < 4.78 is 10.6. The van der Waals surface area contributed by atoms with E-state index in [1.807, 2.05) is 55.4 Å². The fourth-order valence-corrected chi connectivity index (χ4v) is 2.24. The quantitative estimate of drug-likeness (QED) is 0.823. The molecule has 2 N–H and O–H groups in total. The lowest BCUT2D eigenvalue weighted by atomic mass is 10.2. The fourth-order valence-electron chi connectivity index (χ4n) is 2.24. The standard InChI is InChI=1S/C17H23N3O3/c1-20(2)15(16-8-5-9-23-16)12-19-17(21)18-11-13-6-4-7-14(10-13)22-3/h4-10,15H,11-12H2,1-3H3,(H2,18,19,21). The van der Waals surface area contributed by atoms with Gasteiger partial charge in [0, 0.05) is 13.1 Å². The highest BCUT2D eigenvalue weighted by molar-refractivity contribution is 5.73. The van der Waals surface area contributed by atoms with Crippen LogP contribution >= 0.6 is 0 Å². The maximum absolute atomic E-state index is 12.0. The lowest BCUT2D eigenvalue weighted by Crippen LogP contribution is -2.40. The maximum atomic E-state index is 12.0. The topological polar surface area (TPSA) is 66.7 Å². The summed E-state index contributed by atoms with van der Waals surface area (Å²) in [5.41, 5.74) is 0.981. The monoisotopic (exact) mass is 317 g/mol. The molecule has 0 spiro atoms. The van der Waals surface area contributed by atoms with Gasteiger partial charge in [-0.3, -0.25) is 4.90 Å². The first kappa shape index (κ1) is 16.9. The Hall–Kier alpha value is -2.47. The number of carbonyl (C=O) groups is 1. The molecule has 1 heterocycles. The van der Waals surface area contributed by atoms with Crippen molar-refractivity contribution >= 4 is 6.03 Å². The summed E-state index contributed by atoms with van der Waals surface area (Å²) in [6.45, 7) is 0.904. The van der Waals surface area contributed by atoms with E-state index in [0.29, 0.717) is 13.1 Å². The van der Waals surface area contributed by atoms with Gasteiger partial charge in [-0.1, -0.05) is 12.1 Å². The lowest BCUT2D eigenvalue weighted by Gasteiger charge is -2.22. The van der Waals surface area contributed by atoms with E-state index in [1.165, 1.54) is 0 Å². The zero-order chi connectivity index (χ0) is 16.7. The number of methoxy groups -OCH3 is 1. The maximum Gasteiger partial charge on any atom is 0.315 e. The molecule has 0 saturated heterocycles. The molecule has 0 fully saturated rings. The Morgan fingerprint density at radius 1 is 1.26 bits per heavy atom. The zero-order valence-corrected chi connectivity index (χ0v) is 13.7. The van der Waals surface area contributed by atoms with E-state index in [4.69, 9.17) is 9.15 Å². The molecular formula is C17H23N3O3. The molecule has 6 heteroatoms. The van der Waals surface area contributed by atoms with Crippen molar-refractivity contribution in [3.05, 3.63) is 54.0 Å². The molecule has 23 heavy (non-hydrogen) atoms. The van der Waals surface area contributed by atoms with Crippen LogP contribution in [0.5, 0.6) is 5.75 Å². The average molecular weight is 317 g/mol. The number of urea groups is 1. The molecule has 1 aromatic carbocycles. The van der Waals surface area contributed by atoms with Gasteiger partial charge >= 0.3 is 6.03 Å². The third kappa shape index (κ3) is 5.03. The Balaban J connectivity index is 1.82. The molecule has 0 saturated carbocycles. The summed E-state index contributed by atoms with van der Waals surface area (Å²) in [4.78, 5) is 14.0. The number of benzene rings is 1. The van der Waals surface area contributed by atoms with Crippen LogP contribution in [0, 0.1) is 0 Å². The zero-order valence-electron chi connectivity index (χ0n) is 13.7. The van der Waals surface area contributed by atoms with Crippen molar-refractivity contribution in [1.29, 1.82) is 0 Å². The molecule has 6 nitrogen and oxygen atoms in total. The van der Waals surface area contributed by atoms with Gasteiger partial charge in [-0.05, 0) is 43.9 Å². The largest absolute Gasteiger partial charge is 0.497 e. The van der Waals surface area contributed by atoms with E-state index in [1.54, 1.807) is 13.4 Å². The highest BCUT2D eigenvalue weighted by atomic mass is 16.5. The van der Waals surface area contributed by atoms with Gasteiger partial charge in [-0.25, -0.2) is 4.79 Å². The van der Waals surface area contributed by atoms with Gasteiger partial charge in [-0.2, -0.15) is 0 Å². The first-order valence-corrected chi connectivity index (χ1v) is 7.44. The predicted octanol–water partition coefficient (Wildman–Crippen LogP) is 2.39. The molecule has 1 aromatic heterocycles. The number of nitrogens with one attached hydrogen (secondary N) is 2. The smallest absolute Gasteiger partial charge is 0.315 e. The van der Waals surface area contributed by atoms with Gasteiger partial charge in [0.25, 0.3) is 0 Å². The molecule has 0 radical (unpaired) electrons. The number of rotatable bonds is 7. The molecule has 2 rings (SSSR count). The van der Waals surface area contributed by atoms with Crippen LogP contribution in [0.1, 0.15) is 17.4 Å². The van der Waals surface area contributed by atoms with Crippen LogP contribution < -0.4 is 15.4 Å². The highest BCUT2D eigenvalue weighted by Gasteiger charge is 2.17. The van der Waals surface area contributed by atoms with E-state index in [9.17, 15) is 4.79 Å². The minimum Gasteiger partial charge on any atom is -0.497 e. The molecule has 1 unspecified atom stereocenters. The molecule has 0 bridgehead atoms. The van der Waals surface area contributed by atoms with Crippen molar-refractivity contribution in [2.24, 2.45) is 0 Å². The van der Waals surface area contributed by atoms with Crippen LogP contribution in [0.2, 0.25) is 0 Å². The molecule has 1 atom stereocenters. The second-order valence-electron chi connectivity index (χ2n) is 5.41. The molecule has 124 valence electrons. The minimum atomic E-state index is -0.216. The SMILES string of the molecule is COc1cccc(CNC(=O)NCC(c2ccco2)N(C)C)c1. The van der Waals surface area contributed by atoms with E-state index < -0.39 is 0 Å². The van der Waals surface area contributed by atoms with Gasteiger partial charge in [0.2, 0.25) is 0 Å². The molecule has 0 aliphatic carbocycles. The van der Waals surface area contributed by atoms with Gasteiger partial charge in [-0.15, -0.1) is 0 Å². The molecular weight excluding hydrogens is 294 g/mol. The number of likely N-dealkylation sites (N-methyl/N-ethyl adjacent to an activating group) is 1. The van der Waals surface area contributed by atoms with Crippen LogP contribution in [0.15, 0.2) is 47.1 Å². The van der Waals surface area contributed by atoms with Gasteiger partial charge < -0.3 is 19.8 Å². The fraction of sp³-hybridized carbons (Fsp3) is 0.353. The second kappa shape index (κ2) is 8.24. The third-order valence-electron chi connectivity index (χ3n) is 3.54. The number of amides is 2. The summed E-state index contributed by atoms with van der Waals surface area (Å²) >= 11 is 0. The lowest BCUT2D eigenvalue weighted by molar-refractivity contribution is 0.225. The number of nitrogens with zero attached hydrogens (tertiary/aromatic N) is 1. The molecule has 0 aliphatic rings. The Labute approximate surface area is 136 Å². The summed E-state index contributed by atoms with van der Waals surface area (Å²) in [6.07, 6.45) is 1.63. The first-order valence-electron chi connectivity index (χ1n) is 7.44. The Bertz CT molecular complexity index is 611. The number of furan rings is 1. The Morgan fingerprint density at radius 2 is 2.09 bits per heavy atom. The van der Waals surface area contributed by atoms with Crippen molar-refractivity contribution in [3.8, 4) is 5.75 Å². The van der Waals surface area contributed by atoms with Gasteiger partial charge in [0.05, 0.1) is 19.4 Å². The van der Waals surface area contributed by atoms with Crippen molar-refractivity contribution in [1.82, 2.24) is 15.5 Å². The summed E-state index contributed by atoms with van der Waals surface area (Å²) in [6, 6.07) is 11.1. The number of hydrogen-bond donors (Lipinski definition) is 2. The first-order chi connectivity index (χ1) is 11.1. The average Bonchev–Trinajstić information content (AvgIpc) is 3.07. The van der Waals surface area contributed by atoms with Gasteiger partial charge in [0.1, 0.15) is 11.5 Å². The summed E-state index contributed by atoms with van der Waals surface area (Å²) in [7, 11) is 5.52. The Kier molecular flexibility index (Phi) is 6.05.